The molecule has 1 saturated heterocycles. The largest absolute Gasteiger partial charge is 0.340 e. The maximum absolute atomic E-state index is 11.4. The average molecular weight is 259 g/mol. The van der Waals surface area contributed by atoms with Crippen LogP contribution in [0.2, 0.25) is 0 Å². The number of piperazine rings is 1. The smallest absolute Gasteiger partial charge is 0.219 e. The fourth-order valence-corrected chi connectivity index (χ4v) is 3.34. The molecule has 3 rings (SSSR count). The number of amides is 1. The zero-order valence-corrected chi connectivity index (χ0v) is 11.4. The van der Waals surface area contributed by atoms with E-state index >= 15 is 0 Å². The lowest BCUT2D eigenvalue weighted by Gasteiger charge is -2.38. The molecule has 2 atom stereocenters. The molecule has 1 fully saturated rings. The summed E-state index contributed by atoms with van der Waals surface area (Å²) in [7, 11) is 0. The molecule has 19 heavy (non-hydrogen) atoms. The lowest BCUT2D eigenvalue weighted by atomic mass is 10.1. The predicted octanol–water partition coefficient (Wildman–Crippen LogP) is 1.30. The maximum atomic E-state index is 11.4. The standard InChI is InChI=1S/C15H21N3O/c1-11(19)17-6-8-18(9-7-17)15-10-14(16)12-4-2-3-5-13(12)15/h2-5,14-15H,6-10,16H2,1H3. The second kappa shape index (κ2) is 4.94. The Labute approximate surface area is 114 Å². The molecule has 2 aliphatic rings. The third-order valence-electron chi connectivity index (χ3n) is 4.43. The van der Waals surface area contributed by atoms with Crippen molar-refractivity contribution in [3.8, 4) is 0 Å². The molecule has 0 spiro atoms. The molecule has 1 aliphatic heterocycles. The molecule has 4 heteroatoms. The fourth-order valence-electron chi connectivity index (χ4n) is 3.34. The number of hydrogen-bond donors (Lipinski definition) is 1. The third-order valence-corrected chi connectivity index (χ3v) is 4.43. The monoisotopic (exact) mass is 259 g/mol. The summed E-state index contributed by atoms with van der Waals surface area (Å²) in [6.07, 6.45) is 0.999. The van der Waals surface area contributed by atoms with Gasteiger partial charge in [0.2, 0.25) is 5.91 Å². The molecule has 0 aromatic heterocycles. The van der Waals surface area contributed by atoms with Gasteiger partial charge in [0.05, 0.1) is 0 Å². The van der Waals surface area contributed by atoms with Crippen LogP contribution in [0.3, 0.4) is 0 Å². The van der Waals surface area contributed by atoms with Gasteiger partial charge in [-0.1, -0.05) is 24.3 Å². The van der Waals surface area contributed by atoms with Gasteiger partial charge in [0.25, 0.3) is 0 Å². The van der Waals surface area contributed by atoms with Crippen molar-refractivity contribution in [1.29, 1.82) is 0 Å². The van der Waals surface area contributed by atoms with E-state index in [1.807, 2.05) is 4.90 Å². The molecule has 0 radical (unpaired) electrons. The van der Waals surface area contributed by atoms with Gasteiger partial charge in [-0.25, -0.2) is 0 Å². The van der Waals surface area contributed by atoms with E-state index in [-0.39, 0.29) is 11.9 Å². The summed E-state index contributed by atoms with van der Waals surface area (Å²) in [5, 5.41) is 0. The van der Waals surface area contributed by atoms with Crippen LogP contribution in [0.5, 0.6) is 0 Å². The number of hydrogen-bond acceptors (Lipinski definition) is 3. The summed E-state index contributed by atoms with van der Waals surface area (Å²) in [4.78, 5) is 15.8. The predicted molar refractivity (Wildman–Crippen MR) is 74.6 cm³/mol. The minimum absolute atomic E-state index is 0.159. The number of fused-ring (bicyclic) bond motifs is 1. The van der Waals surface area contributed by atoms with Crippen LogP contribution in [0.25, 0.3) is 0 Å². The van der Waals surface area contributed by atoms with Crippen molar-refractivity contribution >= 4 is 5.91 Å². The Kier molecular flexibility index (Phi) is 3.29. The molecule has 1 aromatic rings. The van der Waals surface area contributed by atoms with Crippen molar-refractivity contribution in [1.82, 2.24) is 9.80 Å². The highest BCUT2D eigenvalue weighted by Gasteiger charge is 2.34. The van der Waals surface area contributed by atoms with Crippen molar-refractivity contribution in [2.45, 2.75) is 25.4 Å². The Balaban J connectivity index is 1.74. The minimum Gasteiger partial charge on any atom is -0.340 e. The van der Waals surface area contributed by atoms with Crippen LogP contribution >= 0.6 is 0 Å². The van der Waals surface area contributed by atoms with Gasteiger partial charge in [0.15, 0.2) is 0 Å². The van der Waals surface area contributed by atoms with Crippen LogP contribution in [-0.4, -0.2) is 41.9 Å². The number of rotatable bonds is 1. The highest BCUT2D eigenvalue weighted by Crippen LogP contribution is 2.40. The minimum atomic E-state index is 0.159. The van der Waals surface area contributed by atoms with E-state index in [1.165, 1.54) is 11.1 Å². The first-order chi connectivity index (χ1) is 9.16. The molecule has 1 amide bonds. The summed E-state index contributed by atoms with van der Waals surface area (Å²) in [6.45, 7) is 5.22. The van der Waals surface area contributed by atoms with Crippen molar-refractivity contribution < 1.29 is 4.79 Å². The van der Waals surface area contributed by atoms with Gasteiger partial charge in [0.1, 0.15) is 0 Å². The fraction of sp³-hybridized carbons (Fsp3) is 0.533. The Morgan fingerprint density at radius 1 is 1.16 bits per heavy atom. The highest BCUT2D eigenvalue weighted by atomic mass is 16.2. The molecular weight excluding hydrogens is 238 g/mol. The second-order valence-electron chi connectivity index (χ2n) is 5.53. The number of benzene rings is 1. The first-order valence-corrected chi connectivity index (χ1v) is 7.01. The van der Waals surface area contributed by atoms with Crippen LogP contribution in [0, 0.1) is 0 Å². The van der Waals surface area contributed by atoms with Gasteiger partial charge in [-0.05, 0) is 17.5 Å². The average Bonchev–Trinajstić information content (AvgIpc) is 2.77. The van der Waals surface area contributed by atoms with E-state index in [4.69, 9.17) is 5.73 Å². The molecule has 4 nitrogen and oxygen atoms in total. The summed E-state index contributed by atoms with van der Waals surface area (Å²) in [5.74, 6) is 0.183. The zero-order chi connectivity index (χ0) is 13.4. The van der Waals surface area contributed by atoms with E-state index < -0.39 is 0 Å². The number of carbonyl (C=O) groups excluding carboxylic acids is 1. The zero-order valence-electron chi connectivity index (χ0n) is 11.4. The molecule has 102 valence electrons. The van der Waals surface area contributed by atoms with Crippen LogP contribution in [-0.2, 0) is 4.79 Å². The van der Waals surface area contributed by atoms with E-state index in [1.54, 1.807) is 6.92 Å². The normalized spacial score (nSPS) is 27.4. The van der Waals surface area contributed by atoms with Crippen molar-refractivity contribution in [3.63, 3.8) is 0 Å². The lowest BCUT2D eigenvalue weighted by molar-refractivity contribution is -0.130. The molecule has 1 heterocycles. The van der Waals surface area contributed by atoms with Crippen LogP contribution in [0.15, 0.2) is 24.3 Å². The van der Waals surface area contributed by atoms with Gasteiger partial charge in [0, 0.05) is 45.2 Å². The molecule has 2 unspecified atom stereocenters. The molecule has 1 aliphatic carbocycles. The van der Waals surface area contributed by atoms with Crippen molar-refractivity contribution in [3.05, 3.63) is 35.4 Å². The first kappa shape index (κ1) is 12.6. The number of carbonyl (C=O) groups is 1. The van der Waals surface area contributed by atoms with Gasteiger partial charge >= 0.3 is 0 Å². The van der Waals surface area contributed by atoms with Crippen molar-refractivity contribution in [2.75, 3.05) is 26.2 Å². The molecule has 1 aromatic carbocycles. The maximum Gasteiger partial charge on any atom is 0.219 e. The van der Waals surface area contributed by atoms with Gasteiger partial charge in [-0.3, -0.25) is 9.69 Å². The quantitative estimate of drug-likeness (QED) is 0.827. The van der Waals surface area contributed by atoms with E-state index in [9.17, 15) is 4.79 Å². The first-order valence-electron chi connectivity index (χ1n) is 7.01. The van der Waals surface area contributed by atoms with E-state index in [0.717, 1.165) is 32.6 Å². The lowest BCUT2D eigenvalue weighted by Crippen LogP contribution is -2.48. The summed E-state index contributed by atoms with van der Waals surface area (Å²) < 4.78 is 0. The van der Waals surface area contributed by atoms with Gasteiger partial charge in [-0.2, -0.15) is 0 Å². The van der Waals surface area contributed by atoms with Crippen molar-refractivity contribution in [2.24, 2.45) is 5.73 Å². The summed E-state index contributed by atoms with van der Waals surface area (Å²) in [5.41, 5.74) is 8.90. The molecule has 0 saturated carbocycles. The van der Waals surface area contributed by atoms with Crippen LogP contribution < -0.4 is 5.73 Å². The topological polar surface area (TPSA) is 49.6 Å². The van der Waals surface area contributed by atoms with Crippen LogP contribution in [0.1, 0.15) is 36.6 Å². The molecule has 2 N–H and O–H groups in total. The van der Waals surface area contributed by atoms with E-state index in [0.29, 0.717) is 6.04 Å². The number of nitrogens with zero attached hydrogens (tertiary/aromatic N) is 2. The van der Waals surface area contributed by atoms with Gasteiger partial charge in [-0.15, -0.1) is 0 Å². The molecular formula is C15H21N3O. The Bertz CT molecular complexity index is 480. The Morgan fingerprint density at radius 3 is 2.42 bits per heavy atom. The number of nitrogens with two attached hydrogens (primary N) is 1. The van der Waals surface area contributed by atoms with E-state index in [2.05, 4.69) is 29.2 Å². The molecule has 0 bridgehead atoms. The van der Waals surface area contributed by atoms with Gasteiger partial charge < -0.3 is 10.6 Å². The SMILES string of the molecule is CC(=O)N1CCN(C2CC(N)c3ccccc32)CC1. The third kappa shape index (κ3) is 2.26. The Morgan fingerprint density at radius 2 is 1.79 bits per heavy atom. The summed E-state index contributed by atoms with van der Waals surface area (Å²) in [6, 6.07) is 9.09. The van der Waals surface area contributed by atoms with Crippen LogP contribution in [0.4, 0.5) is 0 Å². The second-order valence-corrected chi connectivity index (χ2v) is 5.53. The Hall–Kier alpha value is -1.39. The summed E-state index contributed by atoms with van der Waals surface area (Å²) >= 11 is 0. The highest BCUT2D eigenvalue weighted by molar-refractivity contribution is 5.73.